The van der Waals surface area contributed by atoms with Crippen LogP contribution in [0.15, 0.2) is 48.5 Å². The van der Waals surface area contributed by atoms with Crippen LogP contribution < -0.4 is 15.6 Å². The molecule has 7 heteroatoms. The Bertz CT molecular complexity index is 857. The molecule has 2 saturated heterocycles. The lowest BCUT2D eigenvalue weighted by Gasteiger charge is -2.31. The fourth-order valence-electron chi connectivity index (χ4n) is 4.48. The third kappa shape index (κ3) is 3.57. The second-order valence-electron chi connectivity index (χ2n) is 7.35. The Labute approximate surface area is 170 Å². The molecule has 0 aliphatic carbocycles. The fraction of sp³-hybridized carbons (Fsp3) is 0.409. The van der Waals surface area contributed by atoms with Gasteiger partial charge in [-0.1, -0.05) is 30.3 Å². The lowest BCUT2D eigenvalue weighted by atomic mass is 9.83. The van der Waals surface area contributed by atoms with Crippen LogP contribution in [-0.4, -0.2) is 48.8 Å². The number of rotatable bonds is 7. The number of nitrogens with zero attached hydrogens (tertiary/aromatic N) is 1. The van der Waals surface area contributed by atoms with Crippen LogP contribution in [-0.2, 0) is 9.53 Å². The maximum Gasteiger partial charge on any atom is 0.242 e. The number of hydrogen-bond donors (Lipinski definition) is 3. The van der Waals surface area contributed by atoms with Gasteiger partial charge in [-0.3, -0.25) is 4.79 Å². The van der Waals surface area contributed by atoms with E-state index in [1.165, 1.54) is 0 Å². The summed E-state index contributed by atoms with van der Waals surface area (Å²) in [5.74, 6) is 0.989. The third-order valence-electron chi connectivity index (χ3n) is 5.75. The molecule has 2 fully saturated rings. The molecular weight excluding hydrogens is 370 g/mol. The highest BCUT2D eigenvalue weighted by Gasteiger charge is 2.55. The normalized spacial score (nSPS) is 26.0. The van der Waals surface area contributed by atoms with Crippen molar-refractivity contribution >= 4 is 5.91 Å². The van der Waals surface area contributed by atoms with Crippen molar-refractivity contribution in [2.45, 2.75) is 25.0 Å². The smallest absolute Gasteiger partial charge is 0.242 e. The predicted molar refractivity (Wildman–Crippen MR) is 108 cm³/mol. The van der Waals surface area contributed by atoms with E-state index >= 15 is 0 Å². The SMILES string of the molecule is CCOc1ccc(C2C3C(NNC3c3ccccc3O)C(=O)N2CCOC)cc1. The minimum atomic E-state index is -0.368. The molecule has 0 spiro atoms. The van der Waals surface area contributed by atoms with Gasteiger partial charge >= 0.3 is 0 Å². The van der Waals surface area contributed by atoms with Crippen LogP contribution in [0.3, 0.4) is 0 Å². The van der Waals surface area contributed by atoms with Crippen molar-refractivity contribution in [1.82, 2.24) is 15.8 Å². The number of methoxy groups -OCH3 is 1. The van der Waals surface area contributed by atoms with Crippen molar-refractivity contribution < 1.29 is 19.4 Å². The zero-order valence-corrected chi connectivity index (χ0v) is 16.7. The summed E-state index contributed by atoms with van der Waals surface area (Å²) in [7, 11) is 1.64. The molecule has 7 nitrogen and oxygen atoms in total. The first-order valence-electron chi connectivity index (χ1n) is 9.96. The highest BCUT2D eigenvalue weighted by molar-refractivity contribution is 5.86. The Morgan fingerprint density at radius 3 is 2.48 bits per heavy atom. The number of likely N-dealkylation sites (tertiary alicyclic amines) is 1. The monoisotopic (exact) mass is 397 g/mol. The van der Waals surface area contributed by atoms with Crippen LogP contribution in [0.1, 0.15) is 30.1 Å². The molecule has 2 aromatic carbocycles. The van der Waals surface area contributed by atoms with Gasteiger partial charge in [0.05, 0.1) is 25.3 Å². The number of para-hydroxylation sites is 1. The molecule has 2 aliphatic heterocycles. The number of nitrogens with one attached hydrogen (secondary N) is 2. The van der Waals surface area contributed by atoms with Gasteiger partial charge in [-0.15, -0.1) is 0 Å². The number of hydrogen-bond acceptors (Lipinski definition) is 6. The van der Waals surface area contributed by atoms with Crippen LogP contribution in [0.25, 0.3) is 0 Å². The second kappa shape index (κ2) is 8.41. The molecule has 0 bridgehead atoms. The van der Waals surface area contributed by atoms with E-state index in [0.29, 0.717) is 19.8 Å². The van der Waals surface area contributed by atoms with E-state index in [1.54, 1.807) is 19.2 Å². The molecule has 154 valence electrons. The summed E-state index contributed by atoms with van der Waals surface area (Å²) in [6.45, 7) is 3.53. The Morgan fingerprint density at radius 1 is 1.07 bits per heavy atom. The molecule has 4 rings (SSSR count). The van der Waals surface area contributed by atoms with E-state index < -0.39 is 0 Å². The summed E-state index contributed by atoms with van der Waals surface area (Å²) in [4.78, 5) is 15.1. The maximum absolute atomic E-state index is 13.2. The van der Waals surface area contributed by atoms with Gasteiger partial charge in [0.15, 0.2) is 0 Å². The van der Waals surface area contributed by atoms with Crippen molar-refractivity contribution in [1.29, 1.82) is 0 Å². The van der Waals surface area contributed by atoms with Gasteiger partial charge in [-0.2, -0.15) is 0 Å². The lowest BCUT2D eigenvalue weighted by Crippen LogP contribution is -2.42. The average Bonchev–Trinajstić information content (AvgIpc) is 3.27. The second-order valence-corrected chi connectivity index (χ2v) is 7.35. The topological polar surface area (TPSA) is 83.1 Å². The van der Waals surface area contributed by atoms with Crippen LogP contribution in [0, 0.1) is 5.92 Å². The van der Waals surface area contributed by atoms with Gasteiger partial charge < -0.3 is 19.5 Å². The average molecular weight is 397 g/mol. The zero-order valence-electron chi connectivity index (χ0n) is 16.7. The molecule has 2 heterocycles. The molecule has 0 radical (unpaired) electrons. The Balaban J connectivity index is 1.72. The summed E-state index contributed by atoms with van der Waals surface area (Å²) in [6.07, 6.45) is 0. The minimum Gasteiger partial charge on any atom is -0.508 e. The number of hydrazine groups is 1. The van der Waals surface area contributed by atoms with E-state index in [0.717, 1.165) is 16.9 Å². The Hall–Kier alpha value is -2.61. The number of phenolic OH excluding ortho intramolecular Hbond substituents is 1. The first-order chi connectivity index (χ1) is 14.2. The summed E-state index contributed by atoms with van der Waals surface area (Å²) < 4.78 is 10.8. The number of benzene rings is 2. The lowest BCUT2D eigenvalue weighted by molar-refractivity contribution is -0.131. The molecule has 1 amide bonds. The molecule has 0 saturated carbocycles. The number of fused-ring (bicyclic) bond motifs is 1. The van der Waals surface area contributed by atoms with Crippen molar-refractivity contribution in [3.8, 4) is 11.5 Å². The summed E-state index contributed by atoms with van der Waals surface area (Å²) in [5, 5.41) is 10.4. The minimum absolute atomic E-state index is 0.0383. The molecular formula is C22H27N3O4. The Morgan fingerprint density at radius 2 is 1.79 bits per heavy atom. The molecule has 4 unspecified atom stereocenters. The van der Waals surface area contributed by atoms with Gasteiger partial charge in [0.25, 0.3) is 0 Å². The molecule has 0 aromatic heterocycles. The van der Waals surface area contributed by atoms with E-state index in [1.807, 2.05) is 48.2 Å². The number of ether oxygens (including phenoxy) is 2. The third-order valence-corrected chi connectivity index (χ3v) is 5.75. The van der Waals surface area contributed by atoms with Crippen LogP contribution >= 0.6 is 0 Å². The molecule has 2 aliphatic rings. The summed E-state index contributed by atoms with van der Waals surface area (Å²) in [6, 6.07) is 14.5. The van der Waals surface area contributed by atoms with Crippen molar-refractivity contribution in [3.05, 3.63) is 59.7 Å². The van der Waals surface area contributed by atoms with Gasteiger partial charge in [-0.05, 0) is 30.7 Å². The molecule has 3 N–H and O–H groups in total. The van der Waals surface area contributed by atoms with Crippen LogP contribution in [0.4, 0.5) is 0 Å². The quantitative estimate of drug-likeness (QED) is 0.664. The largest absolute Gasteiger partial charge is 0.508 e. The van der Waals surface area contributed by atoms with Crippen molar-refractivity contribution in [2.75, 3.05) is 26.9 Å². The van der Waals surface area contributed by atoms with Gasteiger partial charge in [0, 0.05) is 25.1 Å². The number of phenols is 1. The van der Waals surface area contributed by atoms with E-state index in [-0.39, 0.29) is 35.7 Å². The van der Waals surface area contributed by atoms with Gasteiger partial charge in [0.2, 0.25) is 5.91 Å². The van der Waals surface area contributed by atoms with E-state index in [9.17, 15) is 9.90 Å². The number of carbonyl (C=O) groups is 1. The van der Waals surface area contributed by atoms with E-state index in [4.69, 9.17) is 9.47 Å². The van der Waals surface area contributed by atoms with Crippen LogP contribution in [0.2, 0.25) is 0 Å². The highest BCUT2D eigenvalue weighted by Crippen LogP contribution is 2.48. The molecule has 4 atom stereocenters. The number of carbonyl (C=O) groups excluding carboxylic acids is 1. The highest BCUT2D eigenvalue weighted by atomic mass is 16.5. The zero-order chi connectivity index (χ0) is 20.4. The fourth-order valence-corrected chi connectivity index (χ4v) is 4.48. The van der Waals surface area contributed by atoms with Gasteiger partial charge in [0.1, 0.15) is 17.5 Å². The summed E-state index contributed by atoms with van der Waals surface area (Å²) in [5.41, 5.74) is 8.23. The summed E-state index contributed by atoms with van der Waals surface area (Å²) >= 11 is 0. The van der Waals surface area contributed by atoms with E-state index in [2.05, 4.69) is 10.9 Å². The molecule has 29 heavy (non-hydrogen) atoms. The number of aromatic hydroxyl groups is 1. The molecule has 2 aromatic rings. The maximum atomic E-state index is 13.2. The first-order valence-corrected chi connectivity index (χ1v) is 9.96. The van der Waals surface area contributed by atoms with Crippen molar-refractivity contribution in [2.24, 2.45) is 5.92 Å². The predicted octanol–water partition coefficient (Wildman–Crippen LogP) is 2.15. The Kier molecular flexibility index (Phi) is 5.71. The number of amides is 1. The first kappa shape index (κ1) is 19.7. The standard InChI is InChI=1S/C22H27N3O4/c1-3-29-15-10-8-14(9-11-15)21-18-19(16-6-4-5-7-17(16)26)23-24-20(18)22(27)25(21)12-13-28-2/h4-11,18-21,23-24,26H,3,12-13H2,1-2H3. The van der Waals surface area contributed by atoms with Gasteiger partial charge in [-0.25, -0.2) is 10.9 Å². The van der Waals surface area contributed by atoms with Crippen molar-refractivity contribution in [3.63, 3.8) is 0 Å². The van der Waals surface area contributed by atoms with Crippen LogP contribution in [0.5, 0.6) is 11.5 Å².